The van der Waals surface area contributed by atoms with Crippen LogP contribution >= 0.6 is 12.2 Å². The van der Waals surface area contributed by atoms with E-state index in [2.05, 4.69) is 22.0 Å². The smallest absolute Gasteiger partial charge is 0.412 e. The summed E-state index contributed by atoms with van der Waals surface area (Å²) in [5, 5.41) is 18.4. The minimum atomic E-state index is -0.597. The summed E-state index contributed by atoms with van der Waals surface area (Å²) >= 11 is 5.41. The molecule has 3 aromatic rings. The molecule has 0 spiro atoms. The van der Waals surface area contributed by atoms with Gasteiger partial charge in [0.05, 0.1) is 30.9 Å². The maximum atomic E-state index is 12.5. The number of hydrogen-bond donors (Lipinski definition) is 3. The van der Waals surface area contributed by atoms with Gasteiger partial charge in [-0.05, 0) is 66.8 Å². The summed E-state index contributed by atoms with van der Waals surface area (Å²) in [5.41, 5.74) is 1.81. The highest BCUT2D eigenvalue weighted by Gasteiger charge is 2.49. The second-order valence-electron chi connectivity index (χ2n) is 8.50. The molecule has 37 heavy (non-hydrogen) atoms. The molecule has 10 heteroatoms. The average molecular weight is 517 g/mol. The maximum Gasteiger partial charge on any atom is 0.412 e. The Labute approximate surface area is 219 Å². The lowest BCUT2D eigenvalue weighted by molar-refractivity contribution is 0.00880. The first kappa shape index (κ1) is 24.5. The molecule has 9 nitrogen and oxygen atoms in total. The zero-order valence-corrected chi connectivity index (χ0v) is 20.4. The lowest BCUT2D eigenvalue weighted by Gasteiger charge is -2.20. The summed E-state index contributed by atoms with van der Waals surface area (Å²) in [6.45, 7) is 0.564. The minimum Gasteiger partial charge on any atom is -0.457 e. The highest BCUT2D eigenvalue weighted by atomic mass is 32.1. The van der Waals surface area contributed by atoms with Crippen LogP contribution in [0.3, 0.4) is 0 Å². The molecule has 0 unspecified atom stereocenters. The quantitative estimate of drug-likeness (QED) is 0.410. The number of nitrogens with zero attached hydrogens (tertiary/aromatic N) is 1. The van der Waals surface area contributed by atoms with Gasteiger partial charge < -0.3 is 29.6 Å². The van der Waals surface area contributed by atoms with Crippen LogP contribution in [-0.4, -0.2) is 48.8 Å². The Balaban J connectivity index is 1.09. The predicted octanol–water partition coefficient (Wildman–Crippen LogP) is 4.42. The number of benzene rings is 3. The van der Waals surface area contributed by atoms with Crippen LogP contribution in [0.2, 0.25) is 0 Å². The van der Waals surface area contributed by atoms with E-state index in [4.69, 9.17) is 36.4 Å². The van der Waals surface area contributed by atoms with Gasteiger partial charge in [-0.2, -0.15) is 5.26 Å². The Kier molecular flexibility index (Phi) is 7.46. The number of nitriles is 1. The van der Waals surface area contributed by atoms with E-state index in [1.54, 1.807) is 42.5 Å². The van der Waals surface area contributed by atoms with Crippen molar-refractivity contribution in [3.8, 4) is 17.6 Å². The van der Waals surface area contributed by atoms with Crippen LogP contribution in [-0.2, 0) is 14.2 Å². The van der Waals surface area contributed by atoms with Gasteiger partial charge in [0.25, 0.3) is 0 Å². The number of nitrogens with one attached hydrogen (secondary N) is 3. The number of rotatable bonds is 6. The minimum absolute atomic E-state index is 0.210. The topological polar surface area (TPSA) is 114 Å². The van der Waals surface area contributed by atoms with Crippen molar-refractivity contribution in [3.05, 3.63) is 84.4 Å². The van der Waals surface area contributed by atoms with Gasteiger partial charge in [0.15, 0.2) is 11.2 Å². The zero-order valence-electron chi connectivity index (χ0n) is 19.6. The van der Waals surface area contributed by atoms with Gasteiger partial charge in [-0.15, -0.1) is 0 Å². The van der Waals surface area contributed by atoms with Crippen molar-refractivity contribution in [1.29, 1.82) is 5.26 Å². The summed E-state index contributed by atoms with van der Waals surface area (Å²) in [7, 11) is 0. The maximum absolute atomic E-state index is 12.5. The number of hydrogen-bond acceptors (Lipinski definition) is 7. The number of thiocarbonyl (C=S) groups is 1. The summed E-state index contributed by atoms with van der Waals surface area (Å²) in [6, 6.07) is 25.3. The highest BCUT2D eigenvalue weighted by molar-refractivity contribution is 7.80. The molecule has 3 aromatic carbocycles. The summed E-state index contributed by atoms with van der Waals surface area (Å²) in [6.07, 6.45) is -1.88. The lowest BCUT2D eigenvalue weighted by atomic mass is 10.1. The standard InChI is InChI=1S/C27H24N4O5S/c28-14-17-5-4-6-19(13-17)29-26(37)31-22-15-33-25-23(16-34-24(22)25)36-27(32)30-18-9-11-21(12-10-18)35-20-7-2-1-3-8-20/h1-13,22-25H,15-16H2,(H,30,32)(H2,29,31,37)/t22-,23+,24+,25+/m0/s1. The second-order valence-corrected chi connectivity index (χ2v) is 8.91. The van der Waals surface area contributed by atoms with E-state index < -0.39 is 18.3 Å². The Hall–Kier alpha value is -4.17. The molecule has 0 aromatic heterocycles. The molecule has 188 valence electrons. The van der Waals surface area contributed by atoms with Crippen molar-refractivity contribution in [3.63, 3.8) is 0 Å². The van der Waals surface area contributed by atoms with Crippen molar-refractivity contribution in [2.45, 2.75) is 24.4 Å². The Morgan fingerprint density at radius 3 is 2.43 bits per heavy atom. The fourth-order valence-electron chi connectivity index (χ4n) is 4.21. The molecular weight excluding hydrogens is 492 g/mol. The SMILES string of the molecule is N#Cc1cccc(NC(=S)N[C@H]2CO[C@H]3[C@@H]2OC[C@H]3OC(=O)Nc2ccc(Oc3ccccc3)cc2)c1. The van der Waals surface area contributed by atoms with E-state index in [0.717, 1.165) is 5.75 Å². The molecule has 2 fully saturated rings. The van der Waals surface area contributed by atoms with E-state index >= 15 is 0 Å². The number of carbonyl (C=O) groups is 1. The Morgan fingerprint density at radius 2 is 1.65 bits per heavy atom. The Morgan fingerprint density at radius 1 is 0.892 bits per heavy atom. The van der Waals surface area contributed by atoms with Gasteiger partial charge in [-0.25, -0.2) is 4.79 Å². The summed E-state index contributed by atoms with van der Waals surface area (Å²) in [4.78, 5) is 12.5. The van der Waals surface area contributed by atoms with Gasteiger partial charge in [0.1, 0.15) is 23.7 Å². The third-order valence-corrected chi connectivity index (χ3v) is 6.13. The highest BCUT2D eigenvalue weighted by Crippen LogP contribution is 2.29. The molecule has 5 rings (SSSR count). The fraction of sp³-hybridized carbons (Fsp3) is 0.222. The molecule has 0 radical (unpaired) electrons. The normalized spacial score (nSPS) is 21.8. The molecule has 2 aliphatic heterocycles. The van der Waals surface area contributed by atoms with Crippen molar-refractivity contribution in [1.82, 2.24) is 5.32 Å². The molecule has 2 aliphatic rings. The van der Waals surface area contributed by atoms with Crippen LogP contribution in [0.25, 0.3) is 0 Å². The molecule has 1 amide bonds. The first-order chi connectivity index (χ1) is 18.1. The number of amides is 1. The first-order valence-electron chi connectivity index (χ1n) is 11.7. The van der Waals surface area contributed by atoms with Crippen LogP contribution in [0.15, 0.2) is 78.9 Å². The van der Waals surface area contributed by atoms with Gasteiger partial charge in [0.2, 0.25) is 0 Å². The van der Waals surface area contributed by atoms with E-state index in [0.29, 0.717) is 34.4 Å². The van der Waals surface area contributed by atoms with Gasteiger partial charge in [0, 0.05) is 11.4 Å². The average Bonchev–Trinajstić information content (AvgIpc) is 3.49. The van der Waals surface area contributed by atoms with Crippen molar-refractivity contribution < 1.29 is 23.7 Å². The van der Waals surface area contributed by atoms with Crippen molar-refractivity contribution in [2.75, 3.05) is 23.8 Å². The van der Waals surface area contributed by atoms with Crippen LogP contribution in [0.1, 0.15) is 5.56 Å². The van der Waals surface area contributed by atoms with Gasteiger partial charge in [-0.1, -0.05) is 24.3 Å². The predicted molar refractivity (Wildman–Crippen MR) is 141 cm³/mol. The molecule has 0 bridgehead atoms. The summed E-state index contributed by atoms with van der Waals surface area (Å²) < 4.78 is 23.1. The fourth-order valence-corrected chi connectivity index (χ4v) is 4.48. The molecule has 3 N–H and O–H groups in total. The Bertz CT molecular complexity index is 1300. The van der Waals surface area contributed by atoms with Gasteiger partial charge in [-0.3, -0.25) is 5.32 Å². The van der Waals surface area contributed by atoms with E-state index in [1.807, 2.05) is 36.4 Å². The van der Waals surface area contributed by atoms with Crippen molar-refractivity contribution >= 4 is 34.8 Å². The first-order valence-corrected chi connectivity index (χ1v) is 12.1. The molecular formula is C27H24N4O5S. The van der Waals surface area contributed by atoms with E-state index in [1.165, 1.54) is 0 Å². The number of ether oxygens (including phenoxy) is 4. The van der Waals surface area contributed by atoms with Crippen molar-refractivity contribution in [2.24, 2.45) is 0 Å². The number of fused-ring (bicyclic) bond motifs is 1. The summed E-state index contributed by atoms with van der Waals surface area (Å²) in [5.74, 6) is 1.38. The number of carbonyl (C=O) groups excluding carboxylic acids is 1. The van der Waals surface area contributed by atoms with Crippen LogP contribution in [0.5, 0.6) is 11.5 Å². The zero-order chi connectivity index (χ0) is 25.6. The second kappa shape index (κ2) is 11.3. The molecule has 0 saturated carbocycles. The van der Waals surface area contributed by atoms with Crippen LogP contribution < -0.4 is 20.7 Å². The third-order valence-electron chi connectivity index (χ3n) is 5.91. The molecule has 4 atom stereocenters. The van der Waals surface area contributed by atoms with Gasteiger partial charge >= 0.3 is 6.09 Å². The van der Waals surface area contributed by atoms with Crippen LogP contribution in [0, 0.1) is 11.3 Å². The molecule has 0 aliphatic carbocycles. The molecule has 2 heterocycles. The largest absolute Gasteiger partial charge is 0.457 e. The van der Waals surface area contributed by atoms with E-state index in [-0.39, 0.29) is 18.8 Å². The lowest BCUT2D eigenvalue weighted by Crippen LogP contribution is -2.46. The van der Waals surface area contributed by atoms with E-state index in [9.17, 15) is 4.79 Å². The van der Waals surface area contributed by atoms with Crippen LogP contribution in [0.4, 0.5) is 16.2 Å². The third kappa shape index (κ3) is 6.16. The number of anilines is 2. The number of para-hydroxylation sites is 1. The monoisotopic (exact) mass is 516 g/mol. The molecule has 2 saturated heterocycles.